The number of nitrogens with two attached hydrogens (primary N) is 1. The molecule has 248 valence electrons. The van der Waals surface area contributed by atoms with E-state index in [4.69, 9.17) is 10.5 Å². The third kappa shape index (κ3) is 6.30. The van der Waals surface area contributed by atoms with E-state index in [2.05, 4.69) is 46.0 Å². The van der Waals surface area contributed by atoms with Crippen molar-refractivity contribution in [3.63, 3.8) is 0 Å². The SMILES string of the molecule is CC[C@]1(C)C2=CC(SC[C@H](NC(C)=O)C(=O)OC)C(=C(\C)CO)/C(=C\CO)[C@]2(C)CC[C@@]1(C)[C@@H]1C[C@](C)(C(N)=O)CC[C@H]1C. The maximum absolute atomic E-state index is 12.7. The van der Waals surface area contributed by atoms with Gasteiger partial charge in [0.1, 0.15) is 6.04 Å². The van der Waals surface area contributed by atoms with E-state index < -0.39 is 17.4 Å². The average Bonchev–Trinajstić information content (AvgIpc) is 2.98. The number of aliphatic hydroxyl groups excluding tert-OH is 2. The van der Waals surface area contributed by atoms with E-state index in [9.17, 15) is 24.6 Å². The fourth-order valence-electron chi connectivity index (χ4n) is 8.84. The Morgan fingerprint density at radius 3 is 2.34 bits per heavy atom. The molecule has 2 amide bonds. The summed E-state index contributed by atoms with van der Waals surface area (Å²) in [5, 5.41) is 23.2. The lowest BCUT2D eigenvalue weighted by Crippen LogP contribution is -2.57. The summed E-state index contributed by atoms with van der Waals surface area (Å²) in [6.07, 6.45) is 9.49. The van der Waals surface area contributed by atoms with Crippen molar-refractivity contribution < 1.29 is 29.3 Å². The van der Waals surface area contributed by atoms with Crippen LogP contribution in [0.1, 0.15) is 93.9 Å². The molecule has 0 aromatic heterocycles. The number of methoxy groups -OCH3 is 1. The fraction of sp³-hybridized carbons (Fsp3) is 0.743. The molecule has 3 aliphatic carbocycles. The number of ether oxygens (including phenoxy) is 1. The summed E-state index contributed by atoms with van der Waals surface area (Å²) in [6.45, 7) is 16.7. The van der Waals surface area contributed by atoms with Crippen molar-refractivity contribution in [1.29, 1.82) is 0 Å². The van der Waals surface area contributed by atoms with E-state index in [0.29, 0.717) is 11.8 Å². The molecule has 8 nitrogen and oxygen atoms in total. The topological polar surface area (TPSA) is 139 Å². The van der Waals surface area contributed by atoms with Gasteiger partial charge in [0.2, 0.25) is 11.8 Å². The summed E-state index contributed by atoms with van der Waals surface area (Å²) in [7, 11) is 1.31. The maximum Gasteiger partial charge on any atom is 0.329 e. The summed E-state index contributed by atoms with van der Waals surface area (Å²) in [6, 6.07) is -0.820. The van der Waals surface area contributed by atoms with Crippen molar-refractivity contribution in [2.75, 3.05) is 26.1 Å². The number of hydrogen-bond donors (Lipinski definition) is 4. The molecule has 8 atom stereocenters. The average molecular weight is 633 g/mol. The highest BCUT2D eigenvalue weighted by molar-refractivity contribution is 8.00. The van der Waals surface area contributed by atoms with E-state index in [1.807, 2.05) is 19.9 Å². The Bertz CT molecular complexity index is 1230. The molecule has 0 heterocycles. The number of carbonyl (C=O) groups is 3. The molecule has 3 rings (SSSR count). The second-order valence-electron chi connectivity index (χ2n) is 14.4. The smallest absolute Gasteiger partial charge is 0.329 e. The van der Waals surface area contributed by atoms with Gasteiger partial charge in [0, 0.05) is 28.8 Å². The Hall–Kier alpha value is -2.10. The molecule has 0 aromatic carbocycles. The molecule has 0 spiro atoms. The highest BCUT2D eigenvalue weighted by atomic mass is 32.2. The molecule has 0 saturated heterocycles. The summed E-state index contributed by atoms with van der Waals surface area (Å²) in [4.78, 5) is 37.2. The van der Waals surface area contributed by atoms with Crippen LogP contribution in [0.2, 0.25) is 0 Å². The number of aliphatic hydroxyl groups is 2. The highest BCUT2D eigenvalue weighted by Gasteiger charge is 2.62. The van der Waals surface area contributed by atoms with Gasteiger partial charge in [-0.3, -0.25) is 9.59 Å². The second kappa shape index (κ2) is 13.7. The molecule has 9 heteroatoms. The molecule has 0 radical (unpaired) electrons. The summed E-state index contributed by atoms with van der Waals surface area (Å²) in [5.41, 5.74) is 8.83. The van der Waals surface area contributed by atoms with Gasteiger partial charge in [-0.25, -0.2) is 4.79 Å². The van der Waals surface area contributed by atoms with Gasteiger partial charge >= 0.3 is 5.97 Å². The van der Waals surface area contributed by atoms with Gasteiger partial charge in [0.05, 0.1) is 20.3 Å². The van der Waals surface area contributed by atoms with Crippen LogP contribution >= 0.6 is 11.8 Å². The van der Waals surface area contributed by atoms with Crippen LogP contribution in [0.3, 0.4) is 0 Å². The number of esters is 1. The van der Waals surface area contributed by atoms with Crippen LogP contribution in [0.15, 0.2) is 34.4 Å². The Morgan fingerprint density at radius 2 is 1.82 bits per heavy atom. The number of amides is 2. The van der Waals surface area contributed by atoms with E-state index in [1.165, 1.54) is 31.4 Å². The van der Waals surface area contributed by atoms with Crippen LogP contribution in [0, 0.1) is 33.5 Å². The molecule has 0 bridgehead atoms. The zero-order chi connectivity index (χ0) is 33.3. The van der Waals surface area contributed by atoms with Crippen molar-refractivity contribution in [3.8, 4) is 0 Å². The number of carbonyl (C=O) groups excluding carboxylic acids is 3. The monoisotopic (exact) mass is 632 g/mol. The summed E-state index contributed by atoms with van der Waals surface area (Å²) in [5.74, 6) is -0.0288. The molecule has 0 aliphatic heterocycles. The lowest BCUT2D eigenvalue weighted by molar-refractivity contribution is -0.144. The molecule has 2 fully saturated rings. The Labute approximate surface area is 268 Å². The quantitative estimate of drug-likeness (QED) is 0.195. The first-order valence-corrected chi connectivity index (χ1v) is 17.2. The van der Waals surface area contributed by atoms with Gasteiger partial charge in [-0.05, 0) is 84.8 Å². The van der Waals surface area contributed by atoms with Gasteiger partial charge in [-0.15, -0.1) is 11.8 Å². The third-order valence-corrected chi connectivity index (χ3v) is 13.3. The molecule has 5 N–H and O–H groups in total. The molecule has 44 heavy (non-hydrogen) atoms. The van der Waals surface area contributed by atoms with Crippen molar-refractivity contribution in [2.24, 2.45) is 39.2 Å². The zero-order valence-electron chi connectivity index (χ0n) is 28.3. The van der Waals surface area contributed by atoms with Crippen molar-refractivity contribution >= 4 is 29.5 Å². The predicted molar refractivity (Wildman–Crippen MR) is 177 cm³/mol. The number of nitrogens with one attached hydrogen (secondary N) is 1. The molecule has 1 unspecified atom stereocenters. The van der Waals surface area contributed by atoms with E-state index in [-0.39, 0.29) is 52.3 Å². The Balaban J connectivity index is 2.23. The maximum atomic E-state index is 12.7. The zero-order valence-corrected chi connectivity index (χ0v) is 29.2. The predicted octanol–water partition coefficient (Wildman–Crippen LogP) is 5.08. The number of fused-ring (bicyclic) bond motifs is 1. The first-order valence-electron chi connectivity index (χ1n) is 16.1. The number of hydrogen-bond acceptors (Lipinski definition) is 7. The van der Waals surface area contributed by atoms with Crippen LogP contribution in [0.5, 0.6) is 0 Å². The van der Waals surface area contributed by atoms with Crippen molar-refractivity contribution in [2.45, 2.75) is 105 Å². The van der Waals surface area contributed by atoms with Crippen LogP contribution < -0.4 is 11.1 Å². The number of allylic oxidation sites excluding steroid dienone is 2. The van der Waals surface area contributed by atoms with E-state index in [1.54, 1.807) is 0 Å². The van der Waals surface area contributed by atoms with Gasteiger partial charge in [0.25, 0.3) is 0 Å². The number of primary amides is 1. The minimum atomic E-state index is -0.820. The lowest BCUT2D eigenvalue weighted by Gasteiger charge is -2.65. The van der Waals surface area contributed by atoms with Gasteiger partial charge in [-0.1, -0.05) is 59.3 Å². The normalized spacial score (nSPS) is 38.3. The van der Waals surface area contributed by atoms with Crippen LogP contribution in [-0.2, 0) is 19.1 Å². The molecule has 0 aromatic rings. The Morgan fingerprint density at radius 1 is 1.16 bits per heavy atom. The van der Waals surface area contributed by atoms with E-state index in [0.717, 1.165) is 55.2 Å². The van der Waals surface area contributed by atoms with Gasteiger partial charge < -0.3 is 26.0 Å². The highest BCUT2D eigenvalue weighted by Crippen LogP contribution is 2.70. The second-order valence-corrected chi connectivity index (χ2v) is 15.6. The number of thioether (sulfide) groups is 1. The van der Waals surface area contributed by atoms with Crippen LogP contribution in [0.25, 0.3) is 0 Å². The Kier molecular flexibility index (Phi) is 11.3. The molecule has 3 aliphatic rings. The van der Waals surface area contributed by atoms with E-state index >= 15 is 0 Å². The largest absolute Gasteiger partial charge is 0.467 e. The van der Waals surface area contributed by atoms with Crippen LogP contribution in [-0.4, -0.2) is 65.4 Å². The van der Waals surface area contributed by atoms with Gasteiger partial charge in [-0.2, -0.15) is 0 Å². The van der Waals surface area contributed by atoms with Crippen molar-refractivity contribution in [1.82, 2.24) is 5.32 Å². The molecular weight excluding hydrogens is 576 g/mol. The third-order valence-electron chi connectivity index (χ3n) is 12.0. The fourth-order valence-corrected chi connectivity index (χ4v) is 10.2. The standard InChI is InChI=1S/C35H56N2O6S/c1-10-34(7)28-17-27(44-20-26(30(41)43-9)37-23(4)40)29(22(3)19-39)24(12-16-38)33(28,6)14-15-35(34,8)25-18-32(5,31(36)42)13-11-21(25)2/h12,17,21,25-27,38-39H,10-11,13-16,18-20H2,1-9H3,(H2,36,42)(H,37,40)/b24-12+,29-22+/t21-,25-,26+,27?,32-,33+,34-,35+/m1/s1. The minimum absolute atomic E-state index is 0.124. The first kappa shape index (κ1) is 36.4. The summed E-state index contributed by atoms with van der Waals surface area (Å²) >= 11 is 1.53. The lowest BCUT2D eigenvalue weighted by atomic mass is 9.40. The molecule has 2 saturated carbocycles. The van der Waals surface area contributed by atoms with Gasteiger partial charge in [0.15, 0.2) is 0 Å². The molecular formula is C35H56N2O6S. The summed E-state index contributed by atoms with van der Waals surface area (Å²) < 4.78 is 4.99. The first-order chi connectivity index (χ1) is 20.5. The minimum Gasteiger partial charge on any atom is -0.467 e. The van der Waals surface area contributed by atoms with Crippen LogP contribution in [0.4, 0.5) is 0 Å². The number of rotatable bonds is 10. The van der Waals surface area contributed by atoms with Crippen molar-refractivity contribution in [3.05, 3.63) is 34.4 Å².